The summed E-state index contributed by atoms with van der Waals surface area (Å²) in [5.41, 5.74) is -0.284. The van der Waals surface area contributed by atoms with E-state index in [1.807, 2.05) is 27.7 Å². The van der Waals surface area contributed by atoms with Crippen LogP contribution in [0.1, 0.15) is 27.7 Å². The third-order valence-electron chi connectivity index (χ3n) is 1.66. The maximum absolute atomic E-state index is 10.7. The molecule has 0 bridgehead atoms. The molecule has 0 aromatic heterocycles. The maximum atomic E-state index is 10.7. The summed E-state index contributed by atoms with van der Waals surface area (Å²) in [6, 6.07) is 0. The fourth-order valence-electron chi connectivity index (χ4n) is 0.770. The molecule has 0 aromatic carbocycles. The normalized spacial score (nSPS) is 14.8. The number of hydrogen-bond acceptors (Lipinski definition) is 2. The number of ether oxygens (including phenoxy) is 1. The first-order valence-corrected chi connectivity index (χ1v) is 4.64. The molecule has 0 radical (unpaired) electrons. The Morgan fingerprint density at radius 1 is 1.50 bits per heavy atom. The van der Waals surface area contributed by atoms with Gasteiger partial charge in [-0.25, -0.2) is 0 Å². The molecule has 0 aliphatic heterocycles. The molecule has 0 N–H and O–H groups in total. The monoisotopic (exact) mass is 192 g/mol. The number of halogens is 1. The van der Waals surface area contributed by atoms with Crippen molar-refractivity contribution in [3.05, 3.63) is 0 Å². The Labute approximate surface area is 79.2 Å². The summed E-state index contributed by atoms with van der Waals surface area (Å²) in [4.78, 5) is 10.7. The molecule has 0 heterocycles. The zero-order valence-corrected chi connectivity index (χ0v) is 8.89. The minimum Gasteiger partial charge on any atom is -0.367 e. The molecular formula is C9H17ClO2. The fourth-order valence-corrected chi connectivity index (χ4v) is 0.922. The van der Waals surface area contributed by atoms with Gasteiger partial charge in [0.25, 0.3) is 0 Å². The van der Waals surface area contributed by atoms with Crippen molar-refractivity contribution in [1.29, 1.82) is 0 Å². The van der Waals surface area contributed by atoms with Gasteiger partial charge in [0, 0.05) is 11.3 Å². The Morgan fingerprint density at radius 3 is 2.25 bits per heavy atom. The molecule has 0 fully saturated rings. The number of carbonyl (C=O) groups is 1. The third-order valence-corrected chi connectivity index (χ3v) is 2.35. The van der Waals surface area contributed by atoms with E-state index in [0.717, 1.165) is 6.29 Å². The molecule has 0 spiro atoms. The van der Waals surface area contributed by atoms with Crippen LogP contribution >= 0.6 is 11.6 Å². The molecule has 2 nitrogen and oxygen atoms in total. The molecule has 1 atom stereocenters. The molecule has 0 aromatic rings. The predicted octanol–water partition coefficient (Wildman–Crippen LogP) is 2.24. The highest BCUT2D eigenvalue weighted by Gasteiger charge is 2.29. The minimum absolute atomic E-state index is 0.0580. The smallest absolute Gasteiger partial charge is 0.149 e. The van der Waals surface area contributed by atoms with Gasteiger partial charge in [0.1, 0.15) is 12.4 Å². The molecule has 12 heavy (non-hydrogen) atoms. The van der Waals surface area contributed by atoms with Crippen molar-refractivity contribution in [3.63, 3.8) is 0 Å². The SMILES string of the molecule is CC(C)OC(C=O)C(C)(C)CCl. The summed E-state index contributed by atoms with van der Waals surface area (Å²) in [5.74, 6) is 0.420. The maximum Gasteiger partial charge on any atom is 0.149 e. The molecule has 0 rings (SSSR count). The van der Waals surface area contributed by atoms with Gasteiger partial charge in [-0.05, 0) is 13.8 Å². The van der Waals surface area contributed by atoms with Crippen LogP contribution in [0.4, 0.5) is 0 Å². The van der Waals surface area contributed by atoms with Crippen LogP contribution in [-0.2, 0) is 9.53 Å². The summed E-state index contributed by atoms with van der Waals surface area (Å²) < 4.78 is 5.40. The van der Waals surface area contributed by atoms with Crippen molar-refractivity contribution in [2.45, 2.75) is 39.9 Å². The summed E-state index contributed by atoms with van der Waals surface area (Å²) in [6.07, 6.45) is 0.472. The molecule has 72 valence electrons. The first-order chi connectivity index (χ1) is 5.44. The van der Waals surface area contributed by atoms with E-state index in [0.29, 0.717) is 5.88 Å². The van der Waals surface area contributed by atoms with E-state index in [-0.39, 0.29) is 11.5 Å². The highest BCUT2D eigenvalue weighted by molar-refractivity contribution is 6.18. The zero-order valence-electron chi connectivity index (χ0n) is 8.13. The molecule has 0 aliphatic carbocycles. The number of hydrogen-bond donors (Lipinski definition) is 0. The van der Waals surface area contributed by atoms with Crippen LogP contribution in [0.25, 0.3) is 0 Å². The molecule has 0 amide bonds. The second-order valence-electron chi connectivity index (χ2n) is 3.86. The second kappa shape index (κ2) is 4.83. The fraction of sp³-hybridized carbons (Fsp3) is 0.889. The Hall–Kier alpha value is -0.0800. The standard InChI is InChI=1S/C9H17ClO2/c1-7(2)12-8(5-11)9(3,4)6-10/h5,7-8H,6H2,1-4H3. The Balaban J connectivity index is 4.23. The summed E-state index contributed by atoms with van der Waals surface area (Å²) in [6.45, 7) is 7.64. The summed E-state index contributed by atoms with van der Waals surface area (Å²) in [5, 5.41) is 0. The van der Waals surface area contributed by atoms with E-state index >= 15 is 0 Å². The predicted molar refractivity (Wildman–Crippen MR) is 50.6 cm³/mol. The third kappa shape index (κ3) is 3.55. The van der Waals surface area contributed by atoms with Crippen molar-refractivity contribution in [3.8, 4) is 0 Å². The molecule has 0 aliphatic rings. The van der Waals surface area contributed by atoms with E-state index in [2.05, 4.69) is 0 Å². The average molecular weight is 193 g/mol. The quantitative estimate of drug-likeness (QED) is 0.494. The van der Waals surface area contributed by atoms with Gasteiger partial charge in [0.05, 0.1) is 6.10 Å². The van der Waals surface area contributed by atoms with Crippen molar-refractivity contribution >= 4 is 17.9 Å². The first-order valence-electron chi connectivity index (χ1n) is 4.10. The van der Waals surface area contributed by atoms with E-state index in [1.165, 1.54) is 0 Å². The van der Waals surface area contributed by atoms with Gasteiger partial charge >= 0.3 is 0 Å². The number of alkyl halides is 1. The molecular weight excluding hydrogens is 176 g/mol. The van der Waals surface area contributed by atoms with Gasteiger partial charge in [0.15, 0.2) is 0 Å². The topological polar surface area (TPSA) is 26.3 Å². The van der Waals surface area contributed by atoms with Gasteiger partial charge in [0.2, 0.25) is 0 Å². The zero-order chi connectivity index (χ0) is 9.78. The first kappa shape index (κ1) is 11.9. The second-order valence-corrected chi connectivity index (χ2v) is 4.13. The summed E-state index contributed by atoms with van der Waals surface area (Å²) >= 11 is 5.71. The number of aldehydes is 1. The van der Waals surface area contributed by atoms with E-state index in [1.54, 1.807) is 0 Å². The van der Waals surface area contributed by atoms with Gasteiger partial charge in [-0.15, -0.1) is 11.6 Å². The van der Waals surface area contributed by atoms with Crippen LogP contribution in [-0.4, -0.2) is 24.4 Å². The average Bonchev–Trinajstić information content (AvgIpc) is 1.99. The molecule has 0 saturated heterocycles. The highest BCUT2D eigenvalue weighted by Crippen LogP contribution is 2.24. The highest BCUT2D eigenvalue weighted by atomic mass is 35.5. The van der Waals surface area contributed by atoms with Gasteiger partial charge in [-0.3, -0.25) is 0 Å². The van der Waals surface area contributed by atoms with Crippen molar-refractivity contribution in [2.75, 3.05) is 5.88 Å². The van der Waals surface area contributed by atoms with E-state index in [9.17, 15) is 4.79 Å². The lowest BCUT2D eigenvalue weighted by molar-refractivity contribution is -0.128. The molecule has 1 unspecified atom stereocenters. The lowest BCUT2D eigenvalue weighted by Crippen LogP contribution is -2.36. The van der Waals surface area contributed by atoms with E-state index in [4.69, 9.17) is 16.3 Å². The van der Waals surface area contributed by atoms with Gasteiger partial charge in [-0.2, -0.15) is 0 Å². The minimum atomic E-state index is -0.407. The lowest BCUT2D eigenvalue weighted by Gasteiger charge is -2.29. The van der Waals surface area contributed by atoms with Crippen LogP contribution in [0.3, 0.4) is 0 Å². The van der Waals surface area contributed by atoms with Crippen LogP contribution in [0.15, 0.2) is 0 Å². The van der Waals surface area contributed by atoms with Crippen LogP contribution in [0.5, 0.6) is 0 Å². The number of rotatable bonds is 5. The van der Waals surface area contributed by atoms with Crippen molar-refractivity contribution < 1.29 is 9.53 Å². The Kier molecular flexibility index (Phi) is 4.80. The van der Waals surface area contributed by atoms with Crippen molar-refractivity contribution in [1.82, 2.24) is 0 Å². The van der Waals surface area contributed by atoms with Crippen molar-refractivity contribution in [2.24, 2.45) is 5.41 Å². The van der Waals surface area contributed by atoms with Gasteiger partial charge < -0.3 is 9.53 Å². The Morgan fingerprint density at radius 2 is 2.00 bits per heavy atom. The summed E-state index contributed by atoms with van der Waals surface area (Å²) in [7, 11) is 0. The van der Waals surface area contributed by atoms with Crippen LogP contribution < -0.4 is 0 Å². The lowest BCUT2D eigenvalue weighted by atomic mass is 9.89. The van der Waals surface area contributed by atoms with E-state index < -0.39 is 6.10 Å². The Bertz CT molecular complexity index is 143. The molecule has 0 saturated carbocycles. The van der Waals surface area contributed by atoms with Crippen LogP contribution in [0.2, 0.25) is 0 Å². The largest absolute Gasteiger partial charge is 0.367 e. The van der Waals surface area contributed by atoms with Crippen LogP contribution in [0, 0.1) is 5.41 Å². The number of carbonyl (C=O) groups excluding carboxylic acids is 1. The van der Waals surface area contributed by atoms with Gasteiger partial charge in [-0.1, -0.05) is 13.8 Å². The molecule has 3 heteroatoms.